The van der Waals surface area contributed by atoms with Crippen molar-refractivity contribution in [2.45, 2.75) is 37.3 Å². The predicted molar refractivity (Wildman–Crippen MR) is 65.3 cm³/mol. The minimum atomic E-state index is -1.63. The molecule has 0 spiro atoms. The quantitative estimate of drug-likeness (QED) is 0.400. The summed E-state index contributed by atoms with van der Waals surface area (Å²) in [6, 6.07) is 0.999. The summed E-state index contributed by atoms with van der Waals surface area (Å²) in [5.74, 6) is -0.280. The van der Waals surface area contributed by atoms with Crippen LogP contribution < -0.4 is 10.2 Å². The highest BCUT2D eigenvalue weighted by Gasteiger charge is 2.44. The van der Waals surface area contributed by atoms with E-state index in [9.17, 15) is 20.1 Å². The molecule has 1 unspecified atom stereocenters. The fourth-order valence-corrected chi connectivity index (χ4v) is 1.90. The smallest absolute Gasteiger partial charge is 0.229 e. The standard InChI is InChI=1S/C12H16O9/c13-2-5-1-6(15)8(4-19-5)21-12-11(18)10(17)9(16)7(3-14)20-12/h1,4,7,9-14,16-18H,2-3H2/t7-,9-,10+,11-,12?/m1/s1. The van der Waals surface area contributed by atoms with Crippen molar-refractivity contribution in [3.63, 3.8) is 0 Å². The molecule has 9 nitrogen and oxygen atoms in total. The summed E-state index contributed by atoms with van der Waals surface area (Å²) in [6.45, 7) is -1.07. The van der Waals surface area contributed by atoms with Crippen LogP contribution in [0.3, 0.4) is 0 Å². The van der Waals surface area contributed by atoms with Crippen LogP contribution in [0.15, 0.2) is 21.5 Å². The molecule has 1 fully saturated rings. The fraction of sp³-hybridized carbons (Fsp3) is 0.583. The van der Waals surface area contributed by atoms with Gasteiger partial charge in [0.2, 0.25) is 17.5 Å². The van der Waals surface area contributed by atoms with E-state index in [2.05, 4.69) is 0 Å². The van der Waals surface area contributed by atoms with Crippen LogP contribution in [0.2, 0.25) is 0 Å². The maximum absolute atomic E-state index is 11.7. The number of aliphatic hydroxyl groups excluding tert-OH is 5. The second-order valence-corrected chi connectivity index (χ2v) is 4.55. The van der Waals surface area contributed by atoms with Gasteiger partial charge in [-0.2, -0.15) is 0 Å². The second kappa shape index (κ2) is 6.52. The summed E-state index contributed by atoms with van der Waals surface area (Å²) in [4.78, 5) is 11.7. The third kappa shape index (κ3) is 3.23. The van der Waals surface area contributed by atoms with Gasteiger partial charge in [-0.3, -0.25) is 4.79 Å². The monoisotopic (exact) mass is 304 g/mol. The predicted octanol–water partition coefficient (Wildman–Crippen LogP) is -2.69. The van der Waals surface area contributed by atoms with Gasteiger partial charge in [0, 0.05) is 6.07 Å². The van der Waals surface area contributed by atoms with Gasteiger partial charge in [0.1, 0.15) is 43.0 Å². The van der Waals surface area contributed by atoms with E-state index in [0.717, 1.165) is 12.3 Å². The molecule has 2 heterocycles. The summed E-state index contributed by atoms with van der Waals surface area (Å²) >= 11 is 0. The number of rotatable bonds is 4. The van der Waals surface area contributed by atoms with Crippen LogP contribution in [0.4, 0.5) is 0 Å². The molecule has 5 atom stereocenters. The Labute approximate surface area is 118 Å². The van der Waals surface area contributed by atoms with E-state index in [-0.39, 0.29) is 11.5 Å². The maximum Gasteiger partial charge on any atom is 0.229 e. The van der Waals surface area contributed by atoms with E-state index >= 15 is 0 Å². The first-order valence-corrected chi connectivity index (χ1v) is 6.17. The lowest BCUT2D eigenvalue weighted by Gasteiger charge is -2.39. The molecule has 2 rings (SSSR count). The van der Waals surface area contributed by atoms with Gasteiger partial charge in [0.05, 0.1) is 6.61 Å². The molecular weight excluding hydrogens is 288 g/mol. The van der Waals surface area contributed by atoms with Crippen LogP contribution in [0.5, 0.6) is 5.75 Å². The topological polar surface area (TPSA) is 150 Å². The Morgan fingerprint density at radius 1 is 1.14 bits per heavy atom. The number of aliphatic hydroxyl groups is 5. The first-order chi connectivity index (χ1) is 9.97. The maximum atomic E-state index is 11.7. The van der Waals surface area contributed by atoms with Gasteiger partial charge in [-0.1, -0.05) is 0 Å². The Morgan fingerprint density at radius 3 is 2.43 bits per heavy atom. The van der Waals surface area contributed by atoms with E-state index in [1.807, 2.05) is 0 Å². The van der Waals surface area contributed by atoms with Crippen molar-refractivity contribution in [2.24, 2.45) is 0 Å². The number of ether oxygens (including phenoxy) is 2. The molecule has 118 valence electrons. The summed E-state index contributed by atoms with van der Waals surface area (Å²) in [7, 11) is 0. The summed E-state index contributed by atoms with van der Waals surface area (Å²) in [5.41, 5.74) is -0.623. The Bertz CT molecular complexity index is 526. The molecule has 0 bridgehead atoms. The Kier molecular flexibility index (Phi) is 4.93. The van der Waals surface area contributed by atoms with Crippen molar-refractivity contribution in [1.82, 2.24) is 0 Å². The van der Waals surface area contributed by atoms with Crippen molar-refractivity contribution < 1.29 is 39.4 Å². The van der Waals surface area contributed by atoms with E-state index < -0.39 is 49.3 Å². The fourth-order valence-electron chi connectivity index (χ4n) is 1.90. The van der Waals surface area contributed by atoms with Crippen molar-refractivity contribution in [3.8, 4) is 5.75 Å². The Hall–Kier alpha value is -1.49. The minimum Gasteiger partial charge on any atom is -0.463 e. The minimum absolute atomic E-state index is 0.0288. The van der Waals surface area contributed by atoms with Crippen LogP contribution in [0.1, 0.15) is 5.76 Å². The first kappa shape index (κ1) is 15.9. The van der Waals surface area contributed by atoms with Gasteiger partial charge in [-0.25, -0.2) is 0 Å². The largest absolute Gasteiger partial charge is 0.463 e. The van der Waals surface area contributed by atoms with Gasteiger partial charge < -0.3 is 39.4 Å². The van der Waals surface area contributed by atoms with Crippen LogP contribution in [-0.4, -0.2) is 62.8 Å². The molecule has 1 aromatic rings. The van der Waals surface area contributed by atoms with Crippen LogP contribution in [0.25, 0.3) is 0 Å². The van der Waals surface area contributed by atoms with Crippen molar-refractivity contribution in [1.29, 1.82) is 0 Å². The van der Waals surface area contributed by atoms with Crippen LogP contribution >= 0.6 is 0 Å². The summed E-state index contributed by atoms with van der Waals surface area (Å²) < 4.78 is 15.1. The number of hydrogen-bond donors (Lipinski definition) is 5. The van der Waals surface area contributed by atoms with Gasteiger partial charge in [0.25, 0.3) is 0 Å². The van der Waals surface area contributed by atoms with E-state index in [4.69, 9.17) is 24.1 Å². The highest BCUT2D eigenvalue weighted by Crippen LogP contribution is 2.23. The average Bonchev–Trinajstić information content (AvgIpc) is 2.49. The van der Waals surface area contributed by atoms with E-state index in [1.165, 1.54) is 0 Å². The van der Waals surface area contributed by atoms with E-state index in [1.54, 1.807) is 0 Å². The lowest BCUT2D eigenvalue weighted by atomic mass is 9.99. The molecule has 0 amide bonds. The molecular formula is C12H16O9. The zero-order chi connectivity index (χ0) is 15.6. The lowest BCUT2D eigenvalue weighted by molar-refractivity contribution is -0.277. The number of hydrogen-bond acceptors (Lipinski definition) is 9. The molecule has 1 aliphatic rings. The summed E-state index contributed by atoms with van der Waals surface area (Å²) in [6.07, 6.45) is -6.43. The highest BCUT2D eigenvalue weighted by molar-refractivity contribution is 5.17. The zero-order valence-electron chi connectivity index (χ0n) is 10.8. The first-order valence-electron chi connectivity index (χ1n) is 6.17. The zero-order valence-corrected chi connectivity index (χ0v) is 10.8. The van der Waals surface area contributed by atoms with Crippen molar-refractivity contribution in [3.05, 3.63) is 28.3 Å². The van der Waals surface area contributed by atoms with Gasteiger partial charge in [0.15, 0.2) is 0 Å². The molecule has 0 radical (unpaired) electrons. The molecule has 0 aliphatic carbocycles. The third-order valence-corrected chi connectivity index (χ3v) is 3.10. The third-order valence-electron chi connectivity index (χ3n) is 3.10. The van der Waals surface area contributed by atoms with Gasteiger partial charge >= 0.3 is 0 Å². The second-order valence-electron chi connectivity index (χ2n) is 4.55. The molecule has 21 heavy (non-hydrogen) atoms. The van der Waals surface area contributed by atoms with Gasteiger partial charge in [-0.15, -0.1) is 0 Å². The molecule has 1 aliphatic heterocycles. The molecule has 9 heteroatoms. The van der Waals surface area contributed by atoms with Crippen LogP contribution in [-0.2, 0) is 11.3 Å². The molecule has 0 aromatic carbocycles. The molecule has 0 saturated carbocycles. The van der Waals surface area contributed by atoms with Crippen molar-refractivity contribution in [2.75, 3.05) is 6.61 Å². The lowest BCUT2D eigenvalue weighted by Crippen LogP contribution is -2.60. The van der Waals surface area contributed by atoms with E-state index in [0.29, 0.717) is 0 Å². The Balaban J connectivity index is 2.16. The van der Waals surface area contributed by atoms with Crippen LogP contribution in [0, 0.1) is 0 Å². The molecule has 5 N–H and O–H groups in total. The SMILES string of the molecule is O=c1cc(CO)occ1OC1O[C@H](CO)[C@@H](O)[C@H](O)[C@H]1O. The normalized spacial score (nSPS) is 32.9. The van der Waals surface area contributed by atoms with Gasteiger partial charge in [-0.05, 0) is 0 Å². The average molecular weight is 304 g/mol. The highest BCUT2D eigenvalue weighted by atomic mass is 16.7. The Morgan fingerprint density at radius 2 is 1.86 bits per heavy atom. The summed E-state index contributed by atoms with van der Waals surface area (Å²) in [5, 5.41) is 46.8. The molecule has 1 aromatic heterocycles. The molecule has 1 saturated heterocycles. The van der Waals surface area contributed by atoms with Crippen molar-refractivity contribution >= 4 is 0 Å².